The van der Waals surface area contributed by atoms with Crippen molar-refractivity contribution < 1.29 is 4.74 Å². The van der Waals surface area contributed by atoms with E-state index in [9.17, 15) is 0 Å². The van der Waals surface area contributed by atoms with E-state index in [0.29, 0.717) is 0 Å². The normalized spacial score (nSPS) is 11.2. The molecule has 0 heterocycles. The average molecular weight is 339 g/mol. The number of benzene rings is 3. The molecule has 0 saturated carbocycles. The first-order valence-corrected chi connectivity index (χ1v) is 10.0. The molecule has 3 aromatic carbocycles. The van der Waals surface area contributed by atoms with Gasteiger partial charge in [-0.1, -0.05) is 75.2 Å². The van der Waals surface area contributed by atoms with E-state index in [-0.39, 0.29) is 0 Å². The van der Waals surface area contributed by atoms with Crippen molar-refractivity contribution >= 4 is 33.3 Å². The fourth-order valence-corrected chi connectivity index (χ4v) is 4.30. The summed E-state index contributed by atoms with van der Waals surface area (Å²) in [6, 6.07) is 17.4. The van der Waals surface area contributed by atoms with Crippen molar-refractivity contribution in [3.05, 3.63) is 48.5 Å². The SMILES string of the molecule is CCCCOc1c2ccccc2c(SCCCC)c2ccccc12. The van der Waals surface area contributed by atoms with Gasteiger partial charge in [0.1, 0.15) is 5.75 Å². The Morgan fingerprint density at radius 2 is 1.29 bits per heavy atom. The smallest absolute Gasteiger partial charge is 0.135 e. The maximum atomic E-state index is 6.24. The zero-order valence-electron chi connectivity index (χ0n) is 14.7. The van der Waals surface area contributed by atoms with Crippen LogP contribution in [0.2, 0.25) is 0 Å². The summed E-state index contributed by atoms with van der Waals surface area (Å²) in [5.41, 5.74) is 0. The summed E-state index contributed by atoms with van der Waals surface area (Å²) >= 11 is 1.99. The van der Waals surface area contributed by atoms with Gasteiger partial charge in [0.25, 0.3) is 0 Å². The van der Waals surface area contributed by atoms with Crippen molar-refractivity contribution in [3.8, 4) is 5.75 Å². The van der Waals surface area contributed by atoms with Crippen LogP contribution in [0.4, 0.5) is 0 Å². The minimum Gasteiger partial charge on any atom is -0.492 e. The number of unbranched alkanes of at least 4 members (excludes halogenated alkanes) is 2. The zero-order chi connectivity index (χ0) is 16.8. The summed E-state index contributed by atoms with van der Waals surface area (Å²) in [5.74, 6) is 2.22. The van der Waals surface area contributed by atoms with E-state index in [1.807, 2.05) is 11.8 Å². The van der Waals surface area contributed by atoms with E-state index >= 15 is 0 Å². The van der Waals surface area contributed by atoms with E-state index in [0.717, 1.165) is 25.2 Å². The Morgan fingerprint density at radius 3 is 1.83 bits per heavy atom. The van der Waals surface area contributed by atoms with Crippen LogP contribution < -0.4 is 4.74 Å². The molecular weight excluding hydrogens is 312 g/mol. The second-order valence-electron chi connectivity index (χ2n) is 6.15. The number of fused-ring (bicyclic) bond motifs is 2. The third-order valence-corrected chi connectivity index (χ3v) is 5.54. The van der Waals surface area contributed by atoms with E-state index in [1.165, 1.54) is 45.0 Å². The van der Waals surface area contributed by atoms with Crippen LogP contribution in [0.3, 0.4) is 0 Å². The highest BCUT2D eigenvalue weighted by Gasteiger charge is 2.14. The second-order valence-corrected chi connectivity index (χ2v) is 7.26. The minimum atomic E-state index is 0.785. The number of hydrogen-bond donors (Lipinski definition) is 0. The molecule has 0 spiro atoms. The van der Waals surface area contributed by atoms with Crippen LogP contribution >= 0.6 is 11.8 Å². The lowest BCUT2D eigenvalue weighted by Gasteiger charge is -2.17. The first-order chi connectivity index (χ1) is 11.9. The molecule has 3 aromatic rings. The number of hydrogen-bond acceptors (Lipinski definition) is 2. The van der Waals surface area contributed by atoms with Gasteiger partial charge in [-0.15, -0.1) is 11.8 Å². The first-order valence-electron chi connectivity index (χ1n) is 9.05. The summed E-state index contributed by atoms with van der Waals surface area (Å²) in [6.07, 6.45) is 4.74. The first kappa shape index (κ1) is 17.2. The topological polar surface area (TPSA) is 9.23 Å². The molecule has 24 heavy (non-hydrogen) atoms. The van der Waals surface area contributed by atoms with Crippen LogP contribution in [0.15, 0.2) is 53.4 Å². The predicted molar refractivity (Wildman–Crippen MR) is 107 cm³/mol. The lowest BCUT2D eigenvalue weighted by molar-refractivity contribution is 0.316. The fourth-order valence-electron chi connectivity index (χ4n) is 3.00. The molecule has 0 radical (unpaired) electrons. The Labute approximate surface area is 149 Å². The van der Waals surface area contributed by atoms with Gasteiger partial charge in [0, 0.05) is 15.7 Å². The molecule has 0 aliphatic carbocycles. The second kappa shape index (κ2) is 8.43. The predicted octanol–water partition coefficient (Wildman–Crippen LogP) is 7.06. The number of ether oxygens (including phenoxy) is 1. The Bertz CT molecular complexity index is 685. The Kier molecular flexibility index (Phi) is 6.03. The maximum absolute atomic E-state index is 6.24. The van der Waals surface area contributed by atoms with Crippen LogP contribution in [0.25, 0.3) is 21.5 Å². The van der Waals surface area contributed by atoms with Gasteiger partial charge in [0.05, 0.1) is 6.61 Å². The van der Waals surface area contributed by atoms with Crippen molar-refractivity contribution in [2.75, 3.05) is 12.4 Å². The summed E-state index contributed by atoms with van der Waals surface area (Å²) in [5, 5.41) is 5.13. The van der Waals surface area contributed by atoms with Gasteiger partial charge in [-0.3, -0.25) is 0 Å². The standard InChI is InChI=1S/C22H26OS/c1-3-5-15-23-21-17-11-7-9-13-19(17)22(24-16-6-4-2)20-14-10-8-12-18(20)21/h7-14H,3-6,15-16H2,1-2H3. The van der Waals surface area contributed by atoms with E-state index < -0.39 is 0 Å². The quantitative estimate of drug-likeness (QED) is 0.247. The Hall–Kier alpha value is -1.67. The molecule has 0 aliphatic rings. The number of thioether (sulfide) groups is 1. The molecule has 0 N–H and O–H groups in total. The van der Waals surface area contributed by atoms with Crippen molar-refractivity contribution in [1.29, 1.82) is 0 Å². The van der Waals surface area contributed by atoms with Gasteiger partial charge < -0.3 is 4.74 Å². The molecule has 0 fully saturated rings. The van der Waals surface area contributed by atoms with Crippen LogP contribution in [0.5, 0.6) is 5.75 Å². The van der Waals surface area contributed by atoms with Gasteiger partial charge in [-0.05, 0) is 29.4 Å². The molecule has 0 saturated heterocycles. The van der Waals surface area contributed by atoms with Crippen molar-refractivity contribution in [2.45, 2.75) is 44.4 Å². The monoisotopic (exact) mass is 338 g/mol. The van der Waals surface area contributed by atoms with Crippen LogP contribution in [-0.2, 0) is 0 Å². The summed E-state index contributed by atoms with van der Waals surface area (Å²) in [6.45, 7) is 5.24. The minimum absolute atomic E-state index is 0.785. The maximum Gasteiger partial charge on any atom is 0.135 e. The molecule has 0 unspecified atom stereocenters. The summed E-state index contributed by atoms with van der Waals surface area (Å²) in [7, 11) is 0. The summed E-state index contributed by atoms with van der Waals surface area (Å²) < 4.78 is 6.24. The largest absolute Gasteiger partial charge is 0.492 e. The third kappa shape index (κ3) is 3.54. The summed E-state index contributed by atoms with van der Waals surface area (Å²) in [4.78, 5) is 1.40. The highest BCUT2D eigenvalue weighted by Crippen LogP contribution is 2.42. The van der Waals surface area contributed by atoms with Gasteiger partial charge >= 0.3 is 0 Å². The lowest BCUT2D eigenvalue weighted by atomic mass is 10.0. The molecule has 3 rings (SSSR count). The van der Waals surface area contributed by atoms with Crippen molar-refractivity contribution in [3.63, 3.8) is 0 Å². The highest BCUT2D eigenvalue weighted by molar-refractivity contribution is 7.99. The lowest BCUT2D eigenvalue weighted by Crippen LogP contribution is -1.99. The molecule has 0 amide bonds. The zero-order valence-corrected chi connectivity index (χ0v) is 15.5. The van der Waals surface area contributed by atoms with Gasteiger partial charge in [-0.2, -0.15) is 0 Å². The Morgan fingerprint density at radius 1 is 0.750 bits per heavy atom. The molecule has 0 bridgehead atoms. The third-order valence-electron chi connectivity index (χ3n) is 4.32. The van der Waals surface area contributed by atoms with Gasteiger partial charge in [0.15, 0.2) is 0 Å². The van der Waals surface area contributed by atoms with Gasteiger partial charge in [0.2, 0.25) is 0 Å². The fraction of sp³-hybridized carbons (Fsp3) is 0.364. The highest BCUT2D eigenvalue weighted by atomic mass is 32.2. The molecule has 0 aromatic heterocycles. The average Bonchev–Trinajstić information content (AvgIpc) is 2.63. The van der Waals surface area contributed by atoms with Crippen molar-refractivity contribution in [1.82, 2.24) is 0 Å². The molecule has 2 heteroatoms. The molecule has 1 nitrogen and oxygen atoms in total. The van der Waals surface area contributed by atoms with Crippen molar-refractivity contribution in [2.24, 2.45) is 0 Å². The van der Waals surface area contributed by atoms with Crippen LogP contribution in [-0.4, -0.2) is 12.4 Å². The van der Waals surface area contributed by atoms with Crippen LogP contribution in [0.1, 0.15) is 39.5 Å². The van der Waals surface area contributed by atoms with E-state index in [1.54, 1.807) is 0 Å². The van der Waals surface area contributed by atoms with E-state index in [4.69, 9.17) is 4.74 Å². The van der Waals surface area contributed by atoms with E-state index in [2.05, 4.69) is 62.4 Å². The number of rotatable bonds is 8. The van der Waals surface area contributed by atoms with Gasteiger partial charge in [-0.25, -0.2) is 0 Å². The molecule has 0 aliphatic heterocycles. The Balaban J connectivity index is 2.17. The molecule has 126 valence electrons. The molecular formula is C22H26OS. The van der Waals surface area contributed by atoms with Crippen LogP contribution in [0, 0.1) is 0 Å². The molecule has 0 atom stereocenters.